The summed E-state index contributed by atoms with van der Waals surface area (Å²) >= 11 is 3.04. The summed E-state index contributed by atoms with van der Waals surface area (Å²) in [5, 5.41) is 15.0. The van der Waals surface area contributed by atoms with E-state index in [9.17, 15) is 0 Å². The van der Waals surface area contributed by atoms with Gasteiger partial charge >= 0.3 is 0 Å². The van der Waals surface area contributed by atoms with Gasteiger partial charge in [-0.2, -0.15) is 0 Å². The minimum Gasteiger partial charge on any atom is -0.461 e. The highest BCUT2D eigenvalue weighted by molar-refractivity contribution is 7.98. The van der Waals surface area contributed by atoms with E-state index in [-0.39, 0.29) is 0 Å². The zero-order valence-electron chi connectivity index (χ0n) is 13.0. The molecule has 0 atom stereocenters. The van der Waals surface area contributed by atoms with Gasteiger partial charge in [0.15, 0.2) is 10.9 Å². The van der Waals surface area contributed by atoms with Crippen molar-refractivity contribution in [2.45, 2.75) is 10.9 Å². The minimum atomic E-state index is 0.497. The second-order valence-electron chi connectivity index (χ2n) is 5.08. The van der Waals surface area contributed by atoms with Crippen LogP contribution in [-0.2, 0) is 5.75 Å². The summed E-state index contributed by atoms with van der Waals surface area (Å²) in [6, 6.07) is 13.5. The third-order valence-corrected chi connectivity index (χ3v) is 5.12. The number of benzene rings is 1. The summed E-state index contributed by atoms with van der Waals surface area (Å²) in [5.74, 6) is 7.79. The van der Waals surface area contributed by atoms with Crippen LogP contribution in [0.15, 0.2) is 63.7 Å². The van der Waals surface area contributed by atoms with Gasteiger partial charge in [-0.15, -0.1) is 21.5 Å². The Bertz CT molecular complexity index is 948. The van der Waals surface area contributed by atoms with E-state index in [0.29, 0.717) is 22.5 Å². The summed E-state index contributed by atoms with van der Waals surface area (Å²) in [6.07, 6.45) is 1.58. The van der Waals surface area contributed by atoms with Crippen molar-refractivity contribution < 1.29 is 4.42 Å². The predicted octanol–water partition coefficient (Wildman–Crippen LogP) is 3.74. The molecule has 1 aromatic carbocycles. The first kappa shape index (κ1) is 15.7. The third-order valence-electron chi connectivity index (χ3n) is 3.33. The summed E-state index contributed by atoms with van der Waals surface area (Å²) < 4.78 is 6.73. The van der Waals surface area contributed by atoms with Crippen molar-refractivity contribution in [3.8, 4) is 11.6 Å². The Morgan fingerprint density at radius 2 is 2.04 bits per heavy atom. The molecule has 0 amide bonds. The maximum absolute atomic E-state index is 6.05. The van der Waals surface area contributed by atoms with Gasteiger partial charge in [0.25, 0.3) is 0 Å². The van der Waals surface area contributed by atoms with Crippen molar-refractivity contribution in [1.29, 1.82) is 0 Å². The smallest absolute Gasteiger partial charge is 0.218 e. The molecule has 0 unspecified atom stereocenters. The number of hydrogen-bond acceptors (Lipinski definition) is 8. The zero-order chi connectivity index (χ0) is 17.1. The summed E-state index contributed by atoms with van der Waals surface area (Å²) in [7, 11) is 0. The second-order valence-corrected chi connectivity index (χ2v) is 6.88. The Kier molecular flexibility index (Phi) is 4.40. The molecule has 25 heavy (non-hydrogen) atoms. The number of nitrogens with two attached hydrogens (primary N) is 1. The highest BCUT2D eigenvalue weighted by Crippen LogP contribution is 2.27. The molecule has 0 radical (unpaired) electrons. The van der Waals surface area contributed by atoms with Gasteiger partial charge < -0.3 is 15.6 Å². The standard InChI is InChI=1S/C16H14N6OS2/c17-22-14(13-7-4-8-23-13)20-21-16(22)25-10-12-9-24-15(19-12)18-11-5-2-1-3-6-11/h1-9H,10,17H2,(H,18,19). The highest BCUT2D eigenvalue weighted by atomic mass is 32.2. The van der Waals surface area contributed by atoms with Crippen LogP contribution in [0.1, 0.15) is 5.69 Å². The molecule has 0 spiro atoms. The average Bonchev–Trinajstić information content (AvgIpc) is 3.36. The van der Waals surface area contributed by atoms with E-state index in [2.05, 4.69) is 20.5 Å². The molecule has 0 aliphatic carbocycles. The van der Waals surface area contributed by atoms with Gasteiger partial charge in [0.05, 0.1) is 12.0 Å². The SMILES string of the molecule is Nn1c(SCc2csc(Nc3ccccc3)n2)nnc1-c1ccco1. The van der Waals surface area contributed by atoms with E-state index < -0.39 is 0 Å². The fraction of sp³-hybridized carbons (Fsp3) is 0.0625. The van der Waals surface area contributed by atoms with Gasteiger partial charge in [0, 0.05) is 16.8 Å². The largest absolute Gasteiger partial charge is 0.461 e. The van der Waals surface area contributed by atoms with Gasteiger partial charge in [-0.1, -0.05) is 30.0 Å². The molecule has 0 saturated heterocycles. The van der Waals surface area contributed by atoms with Crippen LogP contribution >= 0.6 is 23.1 Å². The van der Waals surface area contributed by atoms with Gasteiger partial charge in [-0.3, -0.25) is 0 Å². The normalized spacial score (nSPS) is 10.9. The lowest BCUT2D eigenvalue weighted by Crippen LogP contribution is -2.11. The van der Waals surface area contributed by atoms with Gasteiger partial charge in [-0.05, 0) is 24.3 Å². The van der Waals surface area contributed by atoms with Crippen molar-refractivity contribution in [2.24, 2.45) is 0 Å². The Labute approximate surface area is 151 Å². The number of rotatable bonds is 6. The number of furan rings is 1. The molecule has 9 heteroatoms. The maximum atomic E-state index is 6.05. The van der Waals surface area contributed by atoms with Crippen molar-refractivity contribution in [1.82, 2.24) is 19.9 Å². The number of thioether (sulfide) groups is 1. The van der Waals surface area contributed by atoms with Crippen molar-refractivity contribution in [3.63, 3.8) is 0 Å². The number of nitrogens with zero attached hydrogens (tertiary/aromatic N) is 4. The predicted molar refractivity (Wildman–Crippen MR) is 99.3 cm³/mol. The Morgan fingerprint density at radius 1 is 1.16 bits per heavy atom. The first-order chi connectivity index (χ1) is 12.3. The first-order valence-corrected chi connectivity index (χ1v) is 9.30. The van der Waals surface area contributed by atoms with Crippen molar-refractivity contribution >= 4 is 33.9 Å². The maximum Gasteiger partial charge on any atom is 0.218 e. The summed E-state index contributed by atoms with van der Waals surface area (Å²) in [5.41, 5.74) is 1.97. The Morgan fingerprint density at radius 3 is 2.84 bits per heavy atom. The lowest BCUT2D eigenvalue weighted by atomic mass is 10.3. The van der Waals surface area contributed by atoms with E-state index in [4.69, 9.17) is 10.3 Å². The monoisotopic (exact) mass is 370 g/mol. The zero-order valence-corrected chi connectivity index (χ0v) is 14.6. The van der Waals surface area contributed by atoms with Crippen LogP contribution in [0.25, 0.3) is 11.6 Å². The van der Waals surface area contributed by atoms with Crippen molar-refractivity contribution in [2.75, 3.05) is 11.2 Å². The van der Waals surface area contributed by atoms with E-state index in [1.165, 1.54) is 16.4 Å². The fourth-order valence-electron chi connectivity index (χ4n) is 2.16. The summed E-state index contributed by atoms with van der Waals surface area (Å²) in [6.45, 7) is 0. The third kappa shape index (κ3) is 3.52. The van der Waals surface area contributed by atoms with Crippen LogP contribution in [0.5, 0.6) is 0 Å². The van der Waals surface area contributed by atoms with E-state index >= 15 is 0 Å². The summed E-state index contributed by atoms with van der Waals surface area (Å²) in [4.78, 5) is 4.58. The van der Waals surface area contributed by atoms with Gasteiger partial charge in [-0.25, -0.2) is 9.66 Å². The van der Waals surface area contributed by atoms with Crippen LogP contribution in [0.2, 0.25) is 0 Å². The molecule has 3 N–H and O–H groups in total. The van der Waals surface area contributed by atoms with E-state index in [0.717, 1.165) is 16.5 Å². The molecular formula is C16H14N6OS2. The molecule has 4 rings (SSSR count). The van der Waals surface area contributed by atoms with Gasteiger partial charge in [0.2, 0.25) is 11.0 Å². The Hall–Kier alpha value is -2.78. The number of nitrogens with one attached hydrogen (secondary N) is 1. The van der Waals surface area contributed by atoms with Crippen LogP contribution in [0.3, 0.4) is 0 Å². The number of nitrogen functional groups attached to an aromatic ring is 1. The number of thiazole rings is 1. The molecule has 7 nitrogen and oxygen atoms in total. The van der Waals surface area contributed by atoms with Crippen LogP contribution in [0, 0.1) is 0 Å². The molecule has 3 heterocycles. The number of anilines is 2. The fourth-order valence-corrected chi connectivity index (χ4v) is 3.75. The quantitative estimate of drug-likeness (QED) is 0.394. The first-order valence-electron chi connectivity index (χ1n) is 7.43. The highest BCUT2D eigenvalue weighted by Gasteiger charge is 2.14. The van der Waals surface area contributed by atoms with Gasteiger partial charge in [0.1, 0.15) is 0 Å². The molecule has 3 aromatic heterocycles. The molecule has 0 saturated carbocycles. The number of hydrogen-bond donors (Lipinski definition) is 2. The lowest BCUT2D eigenvalue weighted by molar-refractivity contribution is 0.574. The molecular weight excluding hydrogens is 356 g/mol. The number of aromatic nitrogens is 4. The van der Waals surface area contributed by atoms with Crippen molar-refractivity contribution in [3.05, 3.63) is 59.8 Å². The topological polar surface area (TPSA) is 94.8 Å². The molecule has 0 fully saturated rings. The van der Waals surface area contributed by atoms with E-state index in [1.54, 1.807) is 29.7 Å². The molecule has 4 aromatic rings. The lowest BCUT2D eigenvalue weighted by Gasteiger charge is -2.01. The Balaban J connectivity index is 1.41. The average molecular weight is 370 g/mol. The number of para-hydroxylation sites is 1. The molecule has 0 bridgehead atoms. The minimum absolute atomic E-state index is 0.497. The molecule has 0 aliphatic heterocycles. The van der Waals surface area contributed by atoms with E-state index in [1.807, 2.05) is 35.7 Å². The second kappa shape index (κ2) is 6.99. The van der Waals surface area contributed by atoms with Crippen LogP contribution in [0.4, 0.5) is 10.8 Å². The molecule has 0 aliphatic rings. The van der Waals surface area contributed by atoms with Crippen LogP contribution < -0.4 is 11.2 Å². The molecule has 126 valence electrons. The van der Waals surface area contributed by atoms with Crippen LogP contribution in [-0.4, -0.2) is 19.9 Å².